The molecule has 1 amide bonds. The molecule has 0 radical (unpaired) electrons. The first-order valence-electron chi connectivity index (χ1n) is 6.14. The van der Waals surface area contributed by atoms with Gasteiger partial charge in [0.1, 0.15) is 0 Å². The molecule has 1 aromatic rings. The molecule has 0 bridgehead atoms. The van der Waals surface area contributed by atoms with Crippen LogP contribution in [0.15, 0.2) is 30.3 Å². The number of carbonyl (C=O) groups is 1. The van der Waals surface area contributed by atoms with Crippen molar-refractivity contribution in [2.45, 2.75) is 27.2 Å². The molecule has 0 unspecified atom stereocenters. The summed E-state index contributed by atoms with van der Waals surface area (Å²) in [6.07, 6.45) is 0.701. The Labute approximate surface area is 103 Å². The molecule has 0 fully saturated rings. The molecule has 17 heavy (non-hydrogen) atoms. The van der Waals surface area contributed by atoms with E-state index in [1.54, 1.807) is 4.90 Å². The predicted molar refractivity (Wildman–Crippen MR) is 70.3 cm³/mol. The van der Waals surface area contributed by atoms with Crippen LogP contribution in [0.4, 0.5) is 10.5 Å². The summed E-state index contributed by atoms with van der Waals surface area (Å²) in [5.74, 6) is 0.565. The zero-order valence-corrected chi connectivity index (χ0v) is 10.8. The van der Waals surface area contributed by atoms with Crippen LogP contribution in [0, 0.1) is 5.92 Å². The van der Waals surface area contributed by atoms with Crippen molar-refractivity contribution in [1.82, 2.24) is 0 Å². The summed E-state index contributed by atoms with van der Waals surface area (Å²) >= 11 is 0. The average molecular weight is 235 g/mol. The molecule has 0 aliphatic carbocycles. The fourth-order valence-electron chi connectivity index (χ4n) is 1.52. The lowest BCUT2D eigenvalue weighted by Crippen LogP contribution is -2.33. The zero-order chi connectivity index (χ0) is 12.7. The number of nitrogens with zero attached hydrogens (tertiary/aromatic N) is 1. The quantitative estimate of drug-likeness (QED) is 0.778. The Morgan fingerprint density at radius 1 is 1.29 bits per heavy atom. The number of rotatable bonds is 5. The van der Waals surface area contributed by atoms with Crippen LogP contribution in [-0.2, 0) is 4.74 Å². The molecule has 1 rings (SSSR count). The van der Waals surface area contributed by atoms with Crippen LogP contribution < -0.4 is 4.90 Å². The van der Waals surface area contributed by atoms with Crippen molar-refractivity contribution in [2.75, 3.05) is 18.1 Å². The SMILES string of the molecule is CCOC(=O)N(CCC(C)C)c1ccccc1. The molecule has 0 aliphatic heterocycles. The average Bonchev–Trinajstić information content (AvgIpc) is 2.30. The summed E-state index contributed by atoms with van der Waals surface area (Å²) in [6.45, 7) is 7.22. The lowest BCUT2D eigenvalue weighted by molar-refractivity contribution is 0.159. The van der Waals surface area contributed by atoms with Gasteiger partial charge < -0.3 is 4.74 Å². The minimum atomic E-state index is -0.264. The number of amides is 1. The van der Waals surface area contributed by atoms with E-state index in [1.807, 2.05) is 37.3 Å². The summed E-state index contributed by atoms with van der Waals surface area (Å²) in [5.41, 5.74) is 0.895. The fraction of sp³-hybridized carbons (Fsp3) is 0.500. The normalized spacial score (nSPS) is 10.4. The molecular weight excluding hydrogens is 214 g/mol. The molecular formula is C14H21NO2. The zero-order valence-electron chi connectivity index (χ0n) is 10.8. The van der Waals surface area contributed by atoms with Gasteiger partial charge in [-0.15, -0.1) is 0 Å². The summed E-state index contributed by atoms with van der Waals surface area (Å²) in [6, 6.07) is 9.65. The van der Waals surface area contributed by atoms with E-state index < -0.39 is 0 Å². The highest BCUT2D eigenvalue weighted by atomic mass is 16.6. The third-order valence-electron chi connectivity index (χ3n) is 2.49. The standard InChI is InChI=1S/C14H21NO2/c1-4-17-14(16)15(11-10-12(2)3)13-8-6-5-7-9-13/h5-9,12H,4,10-11H2,1-3H3. The monoisotopic (exact) mass is 235 g/mol. The Kier molecular flexibility index (Phi) is 5.53. The van der Waals surface area contributed by atoms with E-state index in [9.17, 15) is 4.79 Å². The van der Waals surface area contributed by atoms with Crippen molar-refractivity contribution in [1.29, 1.82) is 0 Å². The second-order valence-corrected chi connectivity index (χ2v) is 4.37. The van der Waals surface area contributed by atoms with Gasteiger partial charge in [0.2, 0.25) is 0 Å². The molecule has 3 heteroatoms. The Hall–Kier alpha value is -1.51. The maximum Gasteiger partial charge on any atom is 0.414 e. The fourth-order valence-corrected chi connectivity index (χ4v) is 1.52. The number of para-hydroxylation sites is 1. The molecule has 0 aromatic heterocycles. The molecule has 0 saturated carbocycles. The first-order chi connectivity index (χ1) is 8.15. The van der Waals surface area contributed by atoms with Gasteiger partial charge in [-0.1, -0.05) is 32.0 Å². The highest BCUT2D eigenvalue weighted by molar-refractivity contribution is 5.87. The van der Waals surface area contributed by atoms with E-state index in [2.05, 4.69) is 13.8 Å². The summed E-state index contributed by atoms with van der Waals surface area (Å²) in [5, 5.41) is 0. The smallest absolute Gasteiger partial charge is 0.414 e. The minimum Gasteiger partial charge on any atom is -0.449 e. The van der Waals surface area contributed by atoms with Crippen molar-refractivity contribution in [3.8, 4) is 0 Å². The minimum absolute atomic E-state index is 0.264. The van der Waals surface area contributed by atoms with Gasteiger partial charge in [0.05, 0.1) is 6.61 Å². The van der Waals surface area contributed by atoms with E-state index in [0.29, 0.717) is 19.1 Å². The van der Waals surface area contributed by atoms with Crippen LogP contribution in [0.3, 0.4) is 0 Å². The molecule has 0 aliphatic rings. The largest absolute Gasteiger partial charge is 0.449 e. The number of benzene rings is 1. The Morgan fingerprint density at radius 3 is 2.47 bits per heavy atom. The van der Waals surface area contributed by atoms with Crippen molar-refractivity contribution in [3.05, 3.63) is 30.3 Å². The van der Waals surface area contributed by atoms with Crippen LogP contribution in [0.2, 0.25) is 0 Å². The lowest BCUT2D eigenvalue weighted by atomic mass is 10.1. The third kappa shape index (κ3) is 4.47. The molecule has 94 valence electrons. The Bertz CT molecular complexity index is 335. The summed E-state index contributed by atoms with van der Waals surface area (Å²) < 4.78 is 5.08. The summed E-state index contributed by atoms with van der Waals surface area (Å²) in [4.78, 5) is 13.6. The van der Waals surface area contributed by atoms with Gasteiger partial charge in [0.25, 0.3) is 0 Å². The van der Waals surface area contributed by atoms with Crippen molar-refractivity contribution < 1.29 is 9.53 Å². The highest BCUT2D eigenvalue weighted by Gasteiger charge is 2.16. The van der Waals surface area contributed by atoms with Gasteiger partial charge in [0, 0.05) is 12.2 Å². The number of carbonyl (C=O) groups excluding carboxylic acids is 1. The van der Waals surface area contributed by atoms with E-state index in [0.717, 1.165) is 12.1 Å². The van der Waals surface area contributed by atoms with Gasteiger partial charge in [-0.05, 0) is 31.4 Å². The van der Waals surface area contributed by atoms with Gasteiger partial charge in [-0.2, -0.15) is 0 Å². The molecule has 0 N–H and O–H groups in total. The number of ether oxygens (including phenoxy) is 1. The molecule has 0 heterocycles. The van der Waals surface area contributed by atoms with Crippen molar-refractivity contribution >= 4 is 11.8 Å². The van der Waals surface area contributed by atoms with Crippen molar-refractivity contribution in [3.63, 3.8) is 0 Å². The summed E-state index contributed by atoms with van der Waals surface area (Å²) in [7, 11) is 0. The number of hydrogen-bond acceptors (Lipinski definition) is 2. The second-order valence-electron chi connectivity index (χ2n) is 4.37. The van der Waals surface area contributed by atoms with Crippen LogP contribution in [0.5, 0.6) is 0 Å². The lowest BCUT2D eigenvalue weighted by Gasteiger charge is -2.22. The van der Waals surface area contributed by atoms with Crippen LogP contribution in [0.1, 0.15) is 27.2 Å². The topological polar surface area (TPSA) is 29.5 Å². The number of hydrogen-bond donors (Lipinski definition) is 0. The van der Waals surface area contributed by atoms with E-state index in [4.69, 9.17) is 4.74 Å². The van der Waals surface area contributed by atoms with Gasteiger partial charge in [-0.25, -0.2) is 4.79 Å². The molecule has 0 saturated heterocycles. The maximum atomic E-state index is 11.9. The first-order valence-corrected chi connectivity index (χ1v) is 6.14. The predicted octanol–water partition coefficient (Wildman–Crippen LogP) is 3.70. The highest BCUT2D eigenvalue weighted by Crippen LogP contribution is 2.16. The maximum absolute atomic E-state index is 11.9. The molecule has 1 aromatic carbocycles. The van der Waals surface area contributed by atoms with Crippen molar-refractivity contribution in [2.24, 2.45) is 5.92 Å². The molecule has 0 atom stereocenters. The Morgan fingerprint density at radius 2 is 1.94 bits per heavy atom. The van der Waals surface area contributed by atoms with Crippen LogP contribution in [0.25, 0.3) is 0 Å². The van der Waals surface area contributed by atoms with E-state index in [-0.39, 0.29) is 6.09 Å². The first kappa shape index (κ1) is 13.6. The van der Waals surface area contributed by atoms with Crippen LogP contribution >= 0.6 is 0 Å². The van der Waals surface area contributed by atoms with Gasteiger partial charge >= 0.3 is 6.09 Å². The second kappa shape index (κ2) is 6.94. The molecule has 3 nitrogen and oxygen atoms in total. The number of anilines is 1. The van der Waals surface area contributed by atoms with E-state index >= 15 is 0 Å². The van der Waals surface area contributed by atoms with E-state index in [1.165, 1.54) is 0 Å². The van der Waals surface area contributed by atoms with Gasteiger partial charge in [0.15, 0.2) is 0 Å². The third-order valence-corrected chi connectivity index (χ3v) is 2.49. The van der Waals surface area contributed by atoms with Crippen LogP contribution in [-0.4, -0.2) is 19.2 Å². The molecule has 0 spiro atoms. The van der Waals surface area contributed by atoms with Gasteiger partial charge in [-0.3, -0.25) is 4.90 Å². The Balaban J connectivity index is 2.75.